The number of phosphoric acid groups is 1. The van der Waals surface area contributed by atoms with E-state index in [1.54, 1.807) is 0 Å². The molecular weight excluding hydrogens is 321 g/mol. The summed E-state index contributed by atoms with van der Waals surface area (Å²) in [6, 6.07) is 1.12. The summed E-state index contributed by atoms with van der Waals surface area (Å²) in [6.07, 6.45) is -4.55. The second kappa shape index (κ2) is 5.30. The SMILES string of the molecule is CNc1cc(=O)[nH]c(=O)n1[C@@H]1O[C@@H]2COP(=O)(O)O[C@H]2[C@H]1O. The van der Waals surface area contributed by atoms with Gasteiger partial charge in [-0.05, 0) is 0 Å². The van der Waals surface area contributed by atoms with Gasteiger partial charge in [0, 0.05) is 13.1 Å². The van der Waals surface area contributed by atoms with Gasteiger partial charge in [0.2, 0.25) is 0 Å². The lowest BCUT2D eigenvalue weighted by atomic mass is 10.1. The van der Waals surface area contributed by atoms with E-state index in [4.69, 9.17) is 9.26 Å². The van der Waals surface area contributed by atoms with Crippen LogP contribution in [0.2, 0.25) is 0 Å². The summed E-state index contributed by atoms with van der Waals surface area (Å²) in [5, 5.41) is 12.9. The molecule has 1 aromatic rings. The molecule has 5 atom stereocenters. The Morgan fingerprint density at radius 2 is 2.23 bits per heavy atom. The van der Waals surface area contributed by atoms with Crippen LogP contribution in [0.4, 0.5) is 5.82 Å². The van der Waals surface area contributed by atoms with Gasteiger partial charge in [0.1, 0.15) is 24.1 Å². The number of rotatable bonds is 2. The first-order valence-electron chi connectivity index (χ1n) is 6.35. The molecule has 1 aromatic heterocycles. The third kappa shape index (κ3) is 2.51. The fourth-order valence-corrected chi connectivity index (χ4v) is 3.46. The lowest BCUT2D eigenvalue weighted by Gasteiger charge is -2.27. The van der Waals surface area contributed by atoms with Crippen LogP contribution >= 0.6 is 7.82 Å². The lowest BCUT2D eigenvalue weighted by Crippen LogP contribution is -2.41. The highest BCUT2D eigenvalue weighted by atomic mass is 31.2. The number of aliphatic hydroxyl groups excluding tert-OH is 1. The molecule has 0 amide bonds. The highest BCUT2D eigenvalue weighted by molar-refractivity contribution is 7.47. The smallest absolute Gasteiger partial charge is 0.386 e. The van der Waals surface area contributed by atoms with Gasteiger partial charge in [-0.1, -0.05) is 0 Å². The molecule has 1 unspecified atom stereocenters. The number of nitrogens with one attached hydrogen (secondary N) is 2. The minimum Gasteiger partial charge on any atom is -0.386 e. The number of aliphatic hydroxyl groups is 1. The van der Waals surface area contributed by atoms with E-state index in [2.05, 4.69) is 14.8 Å². The largest absolute Gasteiger partial charge is 0.472 e. The summed E-state index contributed by atoms with van der Waals surface area (Å²) in [7, 11) is -2.76. The van der Waals surface area contributed by atoms with E-state index in [9.17, 15) is 24.2 Å². The zero-order valence-corrected chi connectivity index (χ0v) is 12.2. The molecule has 4 N–H and O–H groups in total. The van der Waals surface area contributed by atoms with Crippen molar-refractivity contribution < 1.29 is 28.3 Å². The Hall–Kier alpha value is -1.49. The van der Waals surface area contributed by atoms with Crippen LogP contribution in [-0.2, 0) is 18.3 Å². The summed E-state index contributed by atoms with van der Waals surface area (Å²) in [4.78, 5) is 34.7. The molecule has 2 fully saturated rings. The van der Waals surface area contributed by atoms with Crippen LogP contribution in [0.15, 0.2) is 15.7 Å². The van der Waals surface area contributed by atoms with Crippen molar-refractivity contribution in [2.75, 3.05) is 19.0 Å². The molecule has 2 aliphatic rings. The molecule has 22 heavy (non-hydrogen) atoms. The molecule has 0 spiro atoms. The van der Waals surface area contributed by atoms with Gasteiger partial charge in [-0.15, -0.1) is 0 Å². The number of hydrogen-bond acceptors (Lipinski definition) is 8. The zero-order valence-electron chi connectivity index (χ0n) is 11.3. The van der Waals surface area contributed by atoms with Gasteiger partial charge in [-0.3, -0.25) is 18.8 Å². The van der Waals surface area contributed by atoms with Gasteiger partial charge in [0.05, 0.1) is 6.61 Å². The Labute approximate surface area is 123 Å². The monoisotopic (exact) mass is 335 g/mol. The maximum atomic E-state index is 12.0. The van der Waals surface area contributed by atoms with E-state index in [-0.39, 0.29) is 12.4 Å². The zero-order chi connectivity index (χ0) is 16.1. The molecule has 0 saturated carbocycles. The summed E-state index contributed by atoms with van der Waals surface area (Å²) >= 11 is 0. The molecule has 0 radical (unpaired) electrons. The second-order valence-electron chi connectivity index (χ2n) is 4.83. The molecular formula is C10H14N3O8P. The number of H-pyrrole nitrogens is 1. The Morgan fingerprint density at radius 3 is 2.91 bits per heavy atom. The van der Waals surface area contributed by atoms with E-state index < -0.39 is 43.6 Å². The standard InChI is InChI=1S/C10H14N3O8P/c1-11-5-2-6(14)12-10(16)13(5)9-7(15)8-4(20-9)3-19-22(17,18)21-8/h2,4,7-9,11,15H,3H2,1H3,(H,17,18)(H,12,14,16)/t4-,7-,8-,9-/m1/s1. The minimum absolute atomic E-state index is 0.115. The van der Waals surface area contributed by atoms with Crippen LogP contribution in [0.5, 0.6) is 0 Å². The fraction of sp³-hybridized carbons (Fsp3) is 0.600. The highest BCUT2D eigenvalue weighted by Gasteiger charge is 2.52. The molecule has 3 rings (SSSR count). The topological polar surface area (TPSA) is 152 Å². The molecule has 12 heteroatoms. The highest BCUT2D eigenvalue weighted by Crippen LogP contribution is 2.52. The van der Waals surface area contributed by atoms with E-state index >= 15 is 0 Å². The minimum atomic E-state index is -4.25. The third-order valence-corrected chi connectivity index (χ3v) is 4.44. The van der Waals surface area contributed by atoms with Gasteiger partial charge >= 0.3 is 13.5 Å². The predicted octanol–water partition coefficient (Wildman–Crippen LogP) is -1.65. The van der Waals surface area contributed by atoms with Crippen molar-refractivity contribution in [1.82, 2.24) is 9.55 Å². The maximum absolute atomic E-state index is 12.0. The van der Waals surface area contributed by atoms with Crippen molar-refractivity contribution >= 4 is 13.6 Å². The molecule has 0 bridgehead atoms. The Kier molecular flexibility index (Phi) is 3.71. The lowest BCUT2D eigenvalue weighted by molar-refractivity contribution is -0.0679. The summed E-state index contributed by atoms with van der Waals surface area (Å²) < 4.78 is 27.3. The molecule has 3 heterocycles. The van der Waals surface area contributed by atoms with Crippen molar-refractivity contribution in [3.63, 3.8) is 0 Å². The van der Waals surface area contributed by atoms with Crippen LogP contribution in [0.1, 0.15) is 6.23 Å². The van der Waals surface area contributed by atoms with Crippen LogP contribution in [0.3, 0.4) is 0 Å². The van der Waals surface area contributed by atoms with Crippen LogP contribution in [0.25, 0.3) is 0 Å². The molecule has 0 aliphatic carbocycles. The van der Waals surface area contributed by atoms with E-state index in [0.717, 1.165) is 10.6 Å². The molecule has 122 valence electrons. The average Bonchev–Trinajstić information content (AvgIpc) is 2.74. The van der Waals surface area contributed by atoms with E-state index in [0.29, 0.717) is 0 Å². The number of ether oxygens (including phenoxy) is 1. The van der Waals surface area contributed by atoms with Gasteiger partial charge in [0.15, 0.2) is 6.23 Å². The number of aromatic amines is 1. The number of fused-ring (bicyclic) bond motifs is 1. The molecule has 2 saturated heterocycles. The third-order valence-electron chi connectivity index (χ3n) is 3.45. The van der Waals surface area contributed by atoms with Crippen molar-refractivity contribution in [1.29, 1.82) is 0 Å². The molecule has 11 nitrogen and oxygen atoms in total. The number of nitrogens with zero attached hydrogens (tertiary/aromatic N) is 1. The van der Waals surface area contributed by atoms with Gasteiger partial charge in [-0.25, -0.2) is 13.9 Å². The van der Waals surface area contributed by atoms with Gasteiger partial charge in [0.25, 0.3) is 5.56 Å². The Balaban J connectivity index is 1.99. The normalized spacial score (nSPS) is 37.8. The number of anilines is 1. The van der Waals surface area contributed by atoms with Gasteiger partial charge < -0.3 is 20.1 Å². The van der Waals surface area contributed by atoms with Crippen LogP contribution in [0, 0.1) is 0 Å². The average molecular weight is 335 g/mol. The maximum Gasteiger partial charge on any atom is 0.472 e. The summed E-state index contributed by atoms with van der Waals surface area (Å²) in [5.41, 5.74) is -1.41. The number of phosphoric ester groups is 1. The number of hydrogen-bond donors (Lipinski definition) is 4. The van der Waals surface area contributed by atoms with Crippen LogP contribution in [-0.4, -0.2) is 51.5 Å². The Morgan fingerprint density at radius 1 is 1.50 bits per heavy atom. The van der Waals surface area contributed by atoms with Crippen molar-refractivity contribution in [3.8, 4) is 0 Å². The van der Waals surface area contributed by atoms with Gasteiger partial charge in [-0.2, -0.15) is 0 Å². The van der Waals surface area contributed by atoms with Crippen LogP contribution < -0.4 is 16.6 Å². The van der Waals surface area contributed by atoms with E-state index in [1.807, 2.05) is 0 Å². The quantitative estimate of drug-likeness (QED) is 0.466. The summed E-state index contributed by atoms with van der Waals surface area (Å²) in [6.45, 7) is -0.265. The van der Waals surface area contributed by atoms with Crippen molar-refractivity contribution in [2.45, 2.75) is 24.5 Å². The first kappa shape index (κ1) is 15.4. The van der Waals surface area contributed by atoms with E-state index in [1.165, 1.54) is 7.05 Å². The first-order valence-corrected chi connectivity index (χ1v) is 7.85. The Bertz CT molecular complexity index is 744. The molecule has 2 aliphatic heterocycles. The van der Waals surface area contributed by atoms with Crippen molar-refractivity contribution in [3.05, 3.63) is 26.9 Å². The molecule has 0 aromatic carbocycles. The number of aromatic nitrogens is 2. The fourth-order valence-electron chi connectivity index (χ4n) is 2.50. The second-order valence-corrected chi connectivity index (χ2v) is 6.24. The van der Waals surface area contributed by atoms with Crippen molar-refractivity contribution in [2.24, 2.45) is 0 Å². The predicted molar refractivity (Wildman–Crippen MR) is 71.4 cm³/mol. The first-order chi connectivity index (χ1) is 10.3. The summed E-state index contributed by atoms with van der Waals surface area (Å²) in [5.74, 6) is 0.115.